The predicted octanol–water partition coefficient (Wildman–Crippen LogP) is 5.00. The minimum atomic E-state index is -0.336. The van der Waals surface area contributed by atoms with Crippen molar-refractivity contribution in [3.05, 3.63) is 47.0 Å². The molecule has 2 aromatic rings. The van der Waals surface area contributed by atoms with Gasteiger partial charge in [0.05, 0.1) is 34.0 Å². The molecule has 0 amide bonds. The van der Waals surface area contributed by atoms with E-state index in [-0.39, 0.29) is 23.0 Å². The number of rotatable bonds is 5. The van der Waals surface area contributed by atoms with E-state index in [2.05, 4.69) is 19.9 Å². The van der Waals surface area contributed by atoms with Gasteiger partial charge in [-0.15, -0.1) is 0 Å². The minimum Gasteiger partial charge on any atom is -0.497 e. The van der Waals surface area contributed by atoms with E-state index in [0.717, 1.165) is 17.5 Å². The Morgan fingerprint density at radius 3 is 2.10 bits per heavy atom. The van der Waals surface area contributed by atoms with Crippen molar-refractivity contribution in [3.8, 4) is 23.0 Å². The average Bonchev–Trinajstić information content (AvgIpc) is 2.81. The molecule has 156 valence electrons. The van der Waals surface area contributed by atoms with E-state index >= 15 is 0 Å². The van der Waals surface area contributed by atoms with Gasteiger partial charge in [-0.3, -0.25) is 4.79 Å². The summed E-state index contributed by atoms with van der Waals surface area (Å²) in [7, 11) is 6.48. The maximum Gasteiger partial charge on any atom is 0.169 e. The maximum atomic E-state index is 13.3. The monoisotopic (exact) mass is 398 g/mol. The molecule has 0 saturated carbocycles. The first kappa shape index (κ1) is 21.0. The van der Waals surface area contributed by atoms with Crippen LogP contribution in [-0.2, 0) is 5.41 Å². The van der Waals surface area contributed by atoms with Crippen LogP contribution in [0.2, 0.25) is 0 Å². The molecule has 0 spiro atoms. The highest BCUT2D eigenvalue weighted by Gasteiger charge is 2.42. The number of ketones is 1. The van der Waals surface area contributed by atoms with Crippen LogP contribution in [0.5, 0.6) is 23.0 Å². The summed E-state index contributed by atoms with van der Waals surface area (Å²) in [6.45, 7) is 6.35. The Bertz CT molecular complexity index is 916. The molecule has 0 saturated heterocycles. The number of Topliss-reactive ketones (excluding diaryl/α,β-unsaturated/α-hetero) is 1. The maximum absolute atomic E-state index is 13.3. The number of carbonyl (C=O) groups is 1. The number of carbonyl (C=O) groups excluding carboxylic acids is 1. The van der Waals surface area contributed by atoms with E-state index in [9.17, 15) is 4.79 Å². The van der Waals surface area contributed by atoms with Gasteiger partial charge in [-0.25, -0.2) is 0 Å². The highest BCUT2D eigenvalue weighted by atomic mass is 16.5. The molecule has 0 fully saturated rings. The summed E-state index contributed by atoms with van der Waals surface area (Å²) in [4.78, 5) is 13.3. The lowest BCUT2D eigenvalue weighted by molar-refractivity contribution is 0.0920. The SMILES string of the molecule is COc1cc(OC)c2c(c1)C(C)(C)C(c1ccc(OC)c(OC)c1)CC(C)C2=O. The Hall–Kier alpha value is -2.69. The lowest BCUT2D eigenvalue weighted by atomic mass is 9.68. The van der Waals surface area contributed by atoms with Crippen molar-refractivity contribution in [2.45, 2.75) is 38.5 Å². The fraction of sp³-hybridized carbons (Fsp3) is 0.458. The smallest absolute Gasteiger partial charge is 0.169 e. The van der Waals surface area contributed by atoms with Crippen molar-refractivity contribution in [1.82, 2.24) is 0 Å². The van der Waals surface area contributed by atoms with Crippen molar-refractivity contribution in [3.63, 3.8) is 0 Å². The minimum absolute atomic E-state index is 0.0966. The zero-order valence-corrected chi connectivity index (χ0v) is 18.3. The summed E-state index contributed by atoms with van der Waals surface area (Å²) in [6, 6.07) is 9.77. The number of ether oxygens (including phenoxy) is 4. The topological polar surface area (TPSA) is 54.0 Å². The van der Waals surface area contributed by atoms with Crippen LogP contribution < -0.4 is 18.9 Å². The second-order valence-electron chi connectivity index (χ2n) is 8.14. The summed E-state index contributed by atoms with van der Waals surface area (Å²) >= 11 is 0. The molecule has 0 radical (unpaired) electrons. The number of hydrogen-bond acceptors (Lipinski definition) is 5. The van der Waals surface area contributed by atoms with Gasteiger partial charge < -0.3 is 18.9 Å². The molecule has 1 aliphatic carbocycles. The zero-order valence-electron chi connectivity index (χ0n) is 18.3. The molecule has 0 N–H and O–H groups in total. The summed E-state index contributed by atoms with van der Waals surface area (Å²) in [5, 5.41) is 0. The number of methoxy groups -OCH3 is 4. The Morgan fingerprint density at radius 1 is 0.862 bits per heavy atom. The summed E-state index contributed by atoms with van der Waals surface area (Å²) in [6.07, 6.45) is 0.724. The Labute approximate surface area is 172 Å². The summed E-state index contributed by atoms with van der Waals surface area (Å²) < 4.78 is 22.0. The van der Waals surface area contributed by atoms with Crippen molar-refractivity contribution >= 4 is 5.78 Å². The molecule has 5 heteroatoms. The lowest BCUT2D eigenvalue weighted by Gasteiger charge is -2.35. The number of hydrogen-bond donors (Lipinski definition) is 0. The van der Waals surface area contributed by atoms with E-state index < -0.39 is 0 Å². The van der Waals surface area contributed by atoms with Crippen LogP contribution in [0.25, 0.3) is 0 Å². The Balaban J connectivity index is 2.24. The third-order valence-electron chi connectivity index (χ3n) is 6.19. The van der Waals surface area contributed by atoms with Crippen LogP contribution >= 0.6 is 0 Å². The highest BCUT2D eigenvalue weighted by Crippen LogP contribution is 2.50. The second kappa shape index (κ2) is 7.97. The first-order chi connectivity index (χ1) is 13.8. The number of benzene rings is 2. The van der Waals surface area contributed by atoms with E-state index in [0.29, 0.717) is 28.6 Å². The molecule has 0 heterocycles. The lowest BCUT2D eigenvalue weighted by Crippen LogP contribution is -2.27. The van der Waals surface area contributed by atoms with Crippen molar-refractivity contribution < 1.29 is 23.7 Å². The molecule has 2 aromatic carbocycles. The zero-order chi connectivity index (χ0) is 21.3. The van der Waals surface area contributed by atoms with Gasteiger partial charge in [-0.2, -0.15) is 0 Å². The molecule has 2 atom stereocenters. The molecular formula is C24H30O5. The van der Waals surface area contributed by atoms with Gasteiger partial charge in [0.1, 0.15) is 11.5 Å². The third-order valence-corrected chi connectivity index (χ3v) is 6.19. The number of fused-ring (bicyclic) bond motifs is 1. The van der Waals surface area contributed by atoms with Crippen LogP contribution in [0.4, 0.5) is 0 Å². The van der Waals surface area contributed by atoms with Gasteiger partial charge in [0, 0.05) is 12.0 Å². The average molecular weight is 398 g/mol. The summed E-state index contributed by atoms with van der Waals surface area (Å²) in [5.41, 5.74) is 2.38. The highest BCUT2D eigenvalue weighted by molar-refractivity contribution is 6.02. The van der Waals surface area contributed by atoms with E-state index in [1.54, 1.807) is 34.5 Å². The normalized spacial score (nSPS) is 20.4. The molecule has 0 aliphatic heterocycles. The first-order valence-corrected chi connectivity index (χ1v) is 9.81. The van der Waals surface area contributed by atoms with Gasteiger partial charge in [0.15, 0.2) is 17.3 Å². The quantitative estimate of drug-likeness (QED) is 0.663. The standard InChI is InChI=1S/C24H30O5/c1-14-10-17(15-8-9-19(27-5)20(11-15)28-6)24(2,3)18-12-16(26-4)13-21(29-7)22(18)23(14)25/h8-9,11-14,17H,10H2,1-7H3. The molecule has 0 bridgehead atoms. The molecule has 29 heavy (non-hydrogen) atoms. The largest absolute Gasteiger partial charge is 0.497 e. The fourth-order valence-electron chi connectivity index (χ4n) is 4.44. The van der Waals surface area contributed by atoms with E-state index in [4.69, 9.17) is 18.9 Å². The summed E-state index contributed by atoms with van der Waals surface area (Å²) in [5.74, 6) is 2.69. The Kier molecular flexibility index (Phi) is 5.78. The molecule has 3 rings (SSSR count). The van der Waals surface area contributed by atoms with Gasteiger partial charge in [-0.05, 0) is 47.1 Å². The van der Waals surface area contributed by atoms with Gasteiger partial charge in [0.2, 0.25) is 0 Å². The van der Waals surface area contributed by atoms with Gasteiger partial charge in [-0.1, -0.05) is 26.8 Å². The molecule has 0 aromatic heterocycles. The third kappa shape index (κ3) is 3.54. The Morgan fingerprint density at radius 2 is 1.52 bits per heavy atom. The fourth-order valence-corrected chi connectivity index (χ4v) is 4.44. The van der Waals surface area contributed by atoms with Gasteiger partial charge >= 0.3 is 0 Å². The van der Waals surface area contributed by atoms with Crippen molar-refractivity contribution in [2.24, 2.45) is 5.92 Å². The second-order valence-corrected chi connectivity index (χ2v) is 8.14. The van der Waals surface area contributed by atoms with E-state index in [1.807, 2.05) is 25.1 Å². The first-order valence-electron chi connectivity index (χ1n) is 9.81. The molecule has 1 aliphatic rings. The van der Waals surface area contributed by atoms with Crippen LogP contribution in [0.1, 0.15) is 54.6 Å². The van der Waals surface area contributed by atoms with E-state index in [1.165, 1.54) is 0 Å². The molecule has 5 nitrogen and oxygen atoms in total. The molecule has 2 unspecified atom stereocenters. The van der Waals surface area contributed by atoms with Crippen LogP contribution in [0.15, 0.2) is 30.3 Å². The van der Waals surface area contributed by atoms with Gasteiger partial charge in [0.25, 0.3) is 0 Å². The van der Waals surface area contributed by atoms with Crippen LogP contribution in [0.3, 0.4) is 0 Å². The van der Waals surface area contributed by atoms with Crippen molar-refractivity contribution in [1.29, 1.82) is 0 Å². The van der Waals surface area contributed by atoms with Crippen molar-refractivity contribution in [2.75, 3.05) is 28.4 Å². The molecular weight excluding hydrogens is 368 g/mol. The predicted molar refractivity (Wildman–Crippen MR) is 113 cm³/mol. The van der Waals surface area contributed by atoms with Crippen LogP contribution in [0, 0.1) is 5.92 Å². The van der Waals surface area contributed by atoms with Crippen LogP contribution in [-0.4, -0.2) is 34.2 Å².